The lowest BCUT2D eigenvalue weighted by molar-refractivity contribution is -0.155. The fourth-order valence-electron chi connectivity index (χ4n) is 3.84. The minimum Gasteiger partial charge on any atom is -0.480 e. The van der Waals surface area contributed by atoms with Gasteiger partial charge in [-0.05, 0) is 37.8 Å². The molecule has 3 N–H and O–H groups in total. The second kappa shape index (κ2) is 7.88. The normalized spacial score (nSPS) is 21.2. The van der Waals surface area contributed by atoms with Gasteiger partial charge in [0.15, 0.2) is 12.1 Å². The largest absolute Gasteiger partial charge is 0.480 e. The Labute approximate surface area is 163 Å². The molecule has 1 saturated heterocycles. The number of benzene rings is 1. The molecule has 0 amide bonds. The highest BCUT2D eigenvalue weighted by Crippen LogP contribution is 2.35. The Balaban J connectivity index is 2.35. The predicted molar refractivity (Wildman–Crippen MR) is 98.0 cm³/mol. The lowest BCUT2D eigenvalue weighted by Gasteiger charge is -2.42. The number of pyridine rings is 1. The van der Waals surface area contributed by atoms with Crippen molar-refractivity contribution < 1.29 is 33.7 Å². The van der Waals surface area contributed by atoms with Gasteiger partial charge in [-0.2, -0.15) is 0 Å². The number of carboxylic acid groups (broad SMARTS) is 2. The van der Waals surface area contributed by atoms with Crippen LogP contribution < -0.4 is 5.43 Å². The third-order valence-electron chi connectivity index (χ3n) is 5.27. The third kappa shape index (κ3) is 3.49. The van der Waals surface area contributed by atoms with Crippen molar-refractivity contribution in [3.8, 4) is 0 Å². The number of rotatable bonds is 5. The average Bonchev–Trinajstić information content (AvgIpc) is 2.66. The monoisotopic (exact) mass is 410 g/mol. The van der Waals surface area contributed by atoms with Gasteiger partial charge in [0.2, 0.25) is 5.43 Å². The van der Waals surface area contributed by atoms with Gasteiger partial charge in [-0.15, -0.1) is 0 Å². The zero-order valence-corrected chi connectivity index (χ0v) is 15.5. The van der Waals surface area contributed by atoms with Crippen LogP contribution in [0, 0.1) is 12.7 Å². The van der Waals surface area contributed by atoms with E-state index in [-0.39, 0.29) is 29.3 Å². The highest BCUT2D eigenvalue weighted by atomic mass is 19.1. The lowest BCUT2D eigenvalue weighted by Crippen LogP contribution is -2.53. The molecular weight excluding hydrogens is 390 g/mol. The number of aliphatic hydroxyl groups is 1. The van der Waals surface area contributed by atoms with E-state index in [2.05, 4.69) is 0 Å². The number of nitrogens with zero attached hydrogens (tertiary/aromatic N) is 2. The van der Waals surface area contributed by atoms with Gasteiger partial charge in [0, 0.05) is 11.6 Å². The van der Waals surface area contributed by atoms with Gasteiger partial charge >= 0.3 is 11.9 Å². The van der Waals surface area contributed by atoms with Crippen LogP contribution in [0.2, 0.25) is 0 Å². The smallest absolute Gasteiger partial charge is 0.341 e. The number of carboxylic acids is 2. The number of fused-ring (bicyclic) bond motifs is 1. The highest BCUT2D eigenvalue weighted by Gasteiger charge is 2.40. The first-order chi connectivity index (χ1) is 13.7. The Morgan fingerprint density at radius 3 is 2.55 bits per heavy atom. The van der Waals surface area contributed by atoms with Crippen LogP contribution in [0.5, 0.6) is 0 Å². The van der Waals surface area contributed by atoms with Crippen molar-refractivity contribution in [1.29, 1.82) is 0 Å². The van der Waals surface area contributed by atoms with E-state index in [4.69, 9.17) is 0 Å². The molecule has 3 atom stereocenters. The van der Waals surface area contributed by atoms with Gasteiger partial charge in [-0.25, -0.2) is 18.5 Å². The molecule has 8 nitrogen and oxygen atoms in total. The molecule has 0 spiro atoms. The van der Waals surface area contributed by atoms with Gasteiger partial charge in [-0.1, -0.05) is 6.07 Å². The van der Waals surface area contributed by atoms with E-state index in [1.165, 1.54) is 19.1 Å². The molecule has 0 bridgehead atoms. The number of likely N-dealkylation sites (tertiary alicyclic amines) is 1. The zero-order chi connectivity index (χ0) is 21.5. The number of hydrogen-bond donors (Lipinski definition) is 3. The fraction of sp³-hybridized carbons (Fsp3) is 0.421. The van der Waals surface area contributed by atoms with E-state index in [1.54, 1.807) is 0 Å². The summed E-state index contributed by atoms with van der Waals surface area (Å²) in [6.07, 6.45) is -1.44. The molecular formula is C19H20F2N2O6. The molecule has 1 fully saturated rings. The maximum atomic E-state index is 15.0. The molecule has 0 radical (unpaired) electrons. The molecule has 2 aromatic rings. The second-order valence-corrected chi connectivity index (χ2v) is 7.01. The summed E-state index contributed by atoms with van der Waals surface area (Å²) in [7, 11) is 0. The Morgan fingerprint density at radius 1 is 1.28 bits per heavy atom. The van der Waals surface area contributed by atoms with Crippen molar-refractivity contribution in [3.63, 3.8) is 0 Å². The summed E-state index contributed by atoms with van der Waals surface area (Å²) in [6, 6.07) is 1.00. The van der Waals surface area contributed by atoms with Gasteiger partial charge in [0.05, 0.1) is 18.3 Å². The zero-order valence-electron chi connectivity index (χ0n) is 15.5. The summed E-state index contributed by atoms with van der Waals surface area (Å²) in [5.41, 5.74) is -1.58. The van der Waals surface area contributed by atoms with E-state index in [0.29, 0.717) is 6.42 Å². The number of piperidine rings is 1. The maximum absolute atomic E-state index is 15.0. The summed E-state index contributed by atoms with van der Waals surface area (Å²) < 4.78 is 30.9. The second-order valence-electron chi connectivity index (χ2n) is 7.01. The molecule has 0 aliphatic carbocycles. The summed E-state index contributed by atoms with van der Waals surface area (Å²) in [5, 5.41) is 28.1. The summed E-state index contributed by atoms with van der Waals surface area (Å²) >= 11 is 0. The number of aryl methyl sites for hydroxylation is 1. The summed E-state index contributed by atoms with van der Waals surface area (Å²) in [6.45, 7) is 0.566. The number of alkyl halides is 1. The SMILES string of the molecule is Cc1ccc2c(=O)c(C(=O)O)cn(C3CCCC(F)N3C(CO)C(=O)O)c2c1F. The predicted octanol–water partition coefficient (Wildman–Crippen LogP) is 1.87. The van der Waals surface area contributed by atoms with E-state index in [0.717, 1.165) is 15.7 Å². The van der Waals surface area contributed by atoms with Crippen molar-refractivity contribution in [2.45, 2.75) is 44.7 Å². The van der Waals surface area contributed by atoms with Crippen molar-refractivity contribution in [1.82, 2.24) is 9.47 Å². The Hall–Kier alpha value is -2.85. The van der Waals surface area contributed by atoms with Crippen LogP contribution in [0.1, 0.15) is 41.3 Å². The molecule has 1 aliphatic rings. The van der Waals surface area contributed by atoms with E-state index >= 15 is 4.39 Å². The molecule has 2 heterocycles. The van der Waals surface area contributed by atoms with Crippen LogP contribution >= 0.6 is 0 Å². The number of aromatic nitrogens is 1. The number of aliphatic carboxylic acids is 1. The van der Waals surface area contributed by atoms with E-state index < -0.39 is 53.9 Å². The first kappa shape index (κ1) is 20.9. The van der Waals surface area contributed by atoms with Crippen LogP contribution in [0.4, 0.5) is 8.78 Å². The minimum absolute atomic E-state index is 0.00566. The quantitative estimate of drug-likeness (QED) is 0.644. The van der Waals surface area contributed by atoms with E-state index in [9.17, 15) is 34.1 Å². The molecule has 0 saturated carbocycles. The Kier molecular flexibility index (Phi) is 5.67. The molecule has 1 aromatic carbocycles. The number of hydrogen-bond acceptors (Lipinski definition) is 5. The Morgan fingerprint density at radius 2 is 1.97 bits per heavy atom. The summed E-state index contributed by atoms with van der Waals surface area (Å²) in [4.78, 5) is 36.6. The van der Waals surface area contributed by atoms with Crippen molar-refractivity contribution >= 4 is 22.8 Å². The molecule has 156 valence electrons. The molecule has 3 unspecified atom stereocenters. The molecule has 29 heavy (non-hydrogen) atoms. The van der Waals surface area contributed by atoms with Crippen LogP contribution in [0.15, 0.2) is 23.1 Å². The number of aliphatic hydroxyl groups excluding tert-OH is 1. The standard InChI is InChI=1S/C19H20F2N2O6/c1-9-5-6-10-16(15(9)21)22(7-11(17(10)25)18(26)27)14-4-2-3-13(20)23(14)12(8-24)19(28)29/h5-7,12-14,24H,2-4,8H2,1H3,(H,26,27)(H,28,29). The molecule has 1 aliphatic heterocycles. The minimum atomic E-state index is -1.75. The highest BCUT2D eigenvalue weighted by molar-refractivity contribution is 5.93. The van der Waals surface area contributed by atoms with Crippen LogP contribution in [-0.4, -0.2) is 55.7 Å². The summed E-state index contributed by atoms with van der Waals surface area (Å²) in [5.74, 6) is -3.79. The van der Waals surface area contributed by atoms with Gasteiger partial charge < -0.3 is 19.9 Å². The first-order valence-electron chi connectivity index (χ1n) is 9.01. The fourth-order valence-corrected chi connectivity index (χ4v) is 3.84. The maximum Gasteiger partial charge on any atom is 0.341 e. The molecule has 10 heteroatoms. The molecule has 1 aromatic heterocycles. The third-order valence-corrected chi connectivity index (χ3v) is 5.27. The van der Waals surface area contributed by atoms with Crippen LogP contribution in [0.3, 0.4) is 0 Å². The average molecular weight is 410 g/mol. The number of carbonyl (C=O) groups is 2. The van der Waals surface area contributed by atoms with Crippen LogP contribution in [-0.2, 0) is 4.79 Å². The van der Waals surface area contributed by atoms with Crippen molar-refractivity contribution in [2.24, 2.45) is 0 Å². The number of halogens is 2. The van der Waals surface area contributed by atoms with Crippen molar-refractivity contribution in [3.05, 3.63) is 45.5 Å². The van der Waals surface area contributed by atoms with E-state index in [1.807, 2.05) is 0 Å². The lowest BCUT2D eigenvalue weighted by atomic mass is 10.0. The van der Waals surface area contributed by atoms with Gasteiger partial charge in [0.1, 0.15) is 11.6 Å². The van der Waals surface area contributed by atoms with Gasteiger partial charge in [-0.3, -0.25) is 9.59 Å². The number of aromatic carboxylic acids is 1. The molecule has 3 rings (SSSR count). The topological polar surface area (TPSA) is 120 Å². The van der Waals surface area contributed by atoms with Crippen molar-refractivity contribution in [2.75, 3.05) is 6.61 Å². The van der Waals surface area contributed by atoms with Crippen LogP contribution in [0.25, 0.3) is 10.9 Å². The van der Waals surface area contributed by atoms with Gasteiger partial charge in [0.25, 0.3) is 0 Å². The Bertz CT molecular complexity index is 1040. The first-order valence-corrected chi connectivity index (χ1v) is 9.01.